The van der Waals surface area contributed by atoms with Crippen LogP contribution in [0, 0.1) is 5.92 Å². The van der Waals surface area contributed by atoms with Crippen molar-refractivity contribution in [3.05, 3.63) is 84.2 Å². The third-order valence-corrected chi connectivity index (χ3v) is 5.47. The third kappa shape index (κ3) is 3.01. The van der Waals surface area contributed by atoms with E-state index in [-0.39, 0.29) is 6.04 Å². The minimum absolute atomic E-state index is 0.0931. The summed E-state index contributed by atoms with van der Waals surface area (Å²) in [6, 6.07) is 18.4. The van der Waals surface area contributed by atoms with Gasteiger partial charge in [-0.05, 0) is 67.3 Å². The maximum atomic E-state index is 5.85. The summed E-state index contributed by atoms with van der Waals surface area (Å²) in [5.74, 6) is 2.18. The summed E-state index contributed by atoms with van der Waals surface area (Å²) in [4.78, 5) is 0. The van der Waals surface area contributed by atoms with E-state index in [9.17, 15) is 0 Å². The predicted molar refractivity (Wildman–Crippen MR) is 106 cm³/mol. The van der Waals surface area contributed by atoms with Gasteiger partial charge in [-0.2, -0.15) is 5.10 Å². The van der Waals surface area contributed by atoms with Gasteiger partial charge in [-0.15, -0.1) is 0 Å². The summed E-state index contributed by atoms with van der Waals surface area (Å²) >= 11 is 0. The van der Waals surface area contributed by atoms with Gasteiger partial charge in [0.2, 0.25) is 0 Å². The van der Waals surface area contributed by atoms with E-state index in [0.717, 1.165) is 30.0 Å². The number of anilines is 1. The van der Waals surface area contributed by atoms with E-state index >= 15 is 0 Å². The quantitative estimate of drug-likeness (QED) is 0.571. The number of para-hydroxylation sites is 1. The van der Waals surface area contributed by atoms with Crippen molar-refractivity contribution < 1.29 is 8.83 Å². The molecule has 0 unspecified atom stereocenters. The standard InChI is InChI=1S/C23H22N2O2/c1-2-9-18(10-3-1)25-23(21-13-7-15-27-21)20-12-5-4-8-17(22(20)24-25)16-19-11-6-14-26-19/h1-3,6-7,9-11,13-16,20,23H,4-5,8,12H2/b17-16+/t20-,23-/m1/s1. The van der Waals surface area contributed by atoms with Crippen LogP contribution in [0.4, 0.5) is 5.69 Å². The zero-order valence-corrected chi connectivity index (χ0v) is 15.1. The largest absolute Gasteiger partial charge is 0.467 e. The van der Waals surface area contributed by atoms with Crippen molar-refractivity contribution in [2.24, 2.45) is 11.0 Å². The van der Waals surface area contributed by atoms with Crippen LogP contribution < -0.4 is 5.01 Å². The van der Waals surface area contributed by atoms with Crippen molar-refractivity contribution in [3.63, 3.8) is 0 Å². The highest BCUT2D eigenvalue weighted by molar-refractivity contribution is 6.07. The molecule has 0 spiro atoms. The summed E-state index contributed by atoms with van der Waals surface area (Å²) in [6.45, 7) is 0. The van der Waals surface area contributed by atoms with Gasteiger partial charge in [0.25, 0.3) is 0 Å². The van der Waals surface area contributed by atoms with Gasteiger partial charge in [-0.1, -0.05) is 24.6 Å². The molecule has 136 valence electrons. The SMILES string of the molecule is C(=C1/CCCC[C@@H]2C1=NN(c1ccccc1)[C@H]2c1ccco1)/c1ccco1. The fraction of sp³-hybridized carbons (Fsp3) is 0.261. The van der Waals surface area contributed by atoms with Crippen LogP contribution in [0.25, 0.3) is 6.08 Å². The zero-order valence-electron chi connectivity index (χ0n) is 15.1. The van der Waals surface area contributed by atoms with Crippen LogP contribution in [0.15, 0.2) is 86.6 Å². The lowest BCUT2D eigenvalue weighted by Crippen LogP contribution is -2.25. The first kappa shape index (κ1) is 16.2. The number of hydrazone groups is 1. The second-order valence-corrected chi connectivity index (χ2v) is 7.16. The van der Waals surface area contributed by atoms with Gasteiger partial charge in [-0.25, -0.2) is 0 Å². The molecule has 4 heteroatoms. The molecule has 2 atom stereocenters. The molecule has 0 amide bonds. The summed E-state index contributed by atoms with van der Waals surface area (Å²) in [5, 5.41) is 7.26. The Morgan fingerprint density at radius 1 is 0.926 bits per heavy atom. The van der Waals surface area contributed by atoms with E-state index in [0.29, 0.717) is 5.92 Å². The van der Waals surface area contributed by atoms with Gasteiger partial charge in [-0.3, -0.25) is 5.01 Å². The van der Waals surface area contributed by atoms with E-state index in [4.69, 9.17) is 13.9 Å². The summed E-state index contributed by atoms with van der Waals surface area (Å²) in [7, 11) is 0. The Bertz CT molecular complexity index is 940. The van der Waals surface area contributed by atoms with E-state index < -0.39 is 0 Å². The molecule has 0 saturated heterocycles. The van der Waals surface area contributed by atoms with Crippen molar-refractivity contribution in [2.75, 3.05) is 5.01 Å². The minimum atomic E-state index is 0.0931. The summed E-state index contributed by atoms with van der Waals surface area (Å²) in [5.41, 5.74) is 3.55. The Balaban J connectivity index is 1.61. The highest BCUT2D eigenvalue weighted by Crippen LogP contribution is 2.45. The lowest BCUT2D eigenvalue weighted by Gasteiger charge is -2.26. The number of furan rings is 2. The fourth-order valence-electron chi connectivity index (χ4n) is 4.25. The molecule has 3 aromatic rings. The fourth-order valence-corrected chi connectivity index (χ4v) is 4.25. The molecular weight excluding hydrogens is 336 g/mol. The monoisotopic (exact) mass is 358 g/mol. The number of nitrogens with zero attached hydrogens (tertiary/aromatic N) is 2. The third-order valence-electron chi connectivity index (χ3n) is 5.47. The summed E-state index contributed by atoms with van der Waals surface area (Å²) < 4.78 is 11.4. The van der Waals surface area contributed by atoms with Crippen molar-refractivity contribution >= 4 is 17.5 Å². The molecule has 0 bridgehead atoms. The van der Waals surface area contributed by atoms with Crippen molar-refractivity contribution in [3.8, 4) is 0 Å². The molecule has 1 aliphatic carbocycles. The number of allylic oxidation sites excluding steroid dienone is 1. The Morgan fingerprint density at radius 2 is 1.78 bits per heavy atom. The van der Waals surface area contributed by atoms with Crippen LogP contribution in [0.5, 0.6) is 0 Å². The van der Waals surface area contributed by atoms with E-state index in [1.165, 1.54) is 24.1 Å². The molecule has 3 heterocycles. The summed E-state index contributed by atoms with van der Waals surface area (Å²) in [6.07, 6.45) is 10.2. The van der Waals surface area contributed by atoms with Crippen molar-refractivity contribution in [1.82, 2.24) is 0 Å². The molecule has 0 radical (unpaired) electrons. The molecular formula is C23H22N2O2. The molecule has 2 aliphatic rings. The molecule has 27 heavy (non-hydrogen) atoms. The predicted octanol–water partition coefficient (Wildman–Crippen LogP) is 6.06. The molecule has 4 nitrogen and oxygen atoms in total. The van der Waals surface area contributed by atoms with Crippen LogP contribution >= 0.6 is 0 Å². The van der Waals surface area contributed by atoms with Crippen LogP contribution in [0.3, 0.4) is 0 Å². The van der Waals surface area contributed by atoms with Crippen LogP contribution in [-0.4, -0.2) is 5.71 Å². The second kappa shape index (κ2) is 6.95. The lowest BCUT2D eigenvalue weighted by atomic mass is 9.87. The first-order valence-electron chi connectivity index (χ1n) is 9.61. The van der Waals surface area contributed by atoms with Crippen LogP contribution in [0.2, 0.25) is 0 Å². The first-order chi connectivity index (χ1) is 13.4. The molecule has 1 fully saturated rings. The molecule has 0 N–H and O–H groups in total. The Kier molecular flexibility index (Phi) is 4.17. The number of fused-ring (bicyclic) bond motifs is 1. The minimum Gasteiger partial charge on any atom is -0.467 e. The van der Waals surface area contributed by atoms with Gasteiger partial charge in [0.05, 0.1) is 23.9 Å². The number of hydrogen-bond acceptors (Lipinski definition) is 4. The molecule has 1 aromatic carbocycles. The van der Waals surface area contributed by atoms with Crippen LogP contribution in [0.1, 0.15) is 43.2 Å². The average Bonchev–Trinajstić information content (AvgIpc) is 3.43. The van der Waals surface area contributed by atoms with Gasteiger partial charge < -0.3 is 8.83 Å². The second-order valence-electron chi connectivity index (χ2n) is 7.16. The highest BCUT2D eigenvalue weighted by Gasteiger charge is 2.42. The zero-order chi connectivity index (χ0) is 18.1. The molecule has 2 aromatic heterocycles. The van der Waals surface area contributed by atoms with Gasteiger partial charge in [0, 0.05) is 5.92 Å². The van der Waals surface area contributed by atoms with Crippen LogP contribution in [-0.2, 0) is 0 Å². The Hall–Kier alpha value is -3.01. The van der Waals surface area contributed by atoms with Gasteiger partial charge >= 0.3 is 0 Å². The Labute approximate surface area is 158 Å². The van der Waals surface area contributed by atoms with Gasteiger partial charge in [0.1, 0.15) is 17.6 Å². The number of benzene rings is 1. The van der Waals surface area contributed by atoms with E-state index in [2.05, 4.69) is 41.4 Å². The highest BCUT2D eigenvalue weighted by atomic mass is 16.3. The smallest absolute Gasteiger partial charge is 0.129 e. The maximum absolute atomic E-state index is 5.85. The van der Waals surface area contributed by atoms with E-state index in [1.54, 1.807) is 12.5 Å². The lowest BCUT2D eigenvalue weighted by molar-refractivity contribution is 0.404. The number of rotatable bonds is 3. The molecule has 1 saturated carbocycles. The number of hydrogen-bond donors (Lipinski definition) is 0. The molecule has 5 rings (SSSR count). The van der Waals surface area contributed by atoms with E-state index in [1.807, 2.05) is 24.3 Å². The topological polar surface area (TPSA) is 41.9 Å². The van der Waals surface area contributed by atoms with Crippen molar-refractivity contribution in [2.45, 2.75) is 31.7 Å². The van der Waals surface area contributed by atoms with Crippen molar-refractivity contribution in [1.29, 1.82) is 0 Å². The maximum Gasteiger partial charge on any atom is 0.129 e. The average molecular weight is 358 g/mol. The Morgan fingerprint density at radius 3 is 2.56 bits per heavy atom. The first-order valence-corrected chi connectivity index (χ1v) is 9.61. The molecule has 1 aliphatic heterocycles. The normalized spacial score (nSPS) is 23.9. The van der Waals surface area contributed by atoms with Gasteiger partial charge in [0.15, 0.2) is 0 Å².